The van der Waals surface area contributed by atoms with Gasteiger partial charge in [0.25, 0.3) is 0 Å². The zero-order valence-electron chi connectivity index (χ0n) is 11.2. The first kappa shape index (κ1) is 14.3. The number of hydrogen-bond donors (Lipinski definition) is 2. The van der Waals surface area contributed by atoms with Gasteiger partial charge in [-0.1, -0.05) is 0 Å². The van der Waals surface area contributed by atoms with Crippen molar-refractivity contribution in [3.05, 3.63) is 0 Å². The zero-order chi connectivity index (χ0) is 13.1. The summed E-state index contributed by atoms with van der Waals surface area (Å²) in [5, 5.41) is 8.86. The summed E-state index contributed by atoms with van der Waals surface area (Å²) in [7, 11) is 0. The fraction of sp³-hybridized carbons (Fsp3) is 0.917. The van der Waals surface area contributed by atoms with E-state index in [4.69, 9.17) is 9.94 Å². The molecule has 0 aromatic carbocycles. The van der Waals surface area contributed by atoms with E-state index in [0.717, 1.165) is 12.8 Å². The monoisotopic (exact) mass is 244 g/mol. The largest absolute Gasteiger partial charge is 0.444 e. The molecule has 0 aromatic heterocycles. The predicted molar refractivity (Wildman–Crippen MR) is 64.9 cm³/mol. The molecule has 5 heteroatoms. The van der Waals surface area contributed by atoms with E-state index in [9.17, 15) is 4.79 Å². The number of ether oxygens (including phenoxy) is 1. The third-order valence-corrected chi connectivity index (χ3v) is 3.10. The van der Waals surface area contributed by atoms with E-state index >= 15 is 0 Å². The molecule has 17 heavy (non-hydrogen) atoms. The first-order valence-corrected chi connectivity index (χ1v) is 6.21. The highest BCUT2D eigenvalue weighted by Gasteiger charge is 2.28. The number of carbonyl (C=O) groups excluding carboxylic acids is 1. The van der Waals surface area contributed by atoms with Gasteiger partial charge in [-0.15, -0.1) is 0 Å². The maximum Gasteiger partial charge on any atom is 0.410 e. The van der Waals surface area contributed by atoms with Gasteiger partial charge in [-0.25, -0.2) is 10.3 Å². The molecule has 0 aliphatic carbocycles. The lowest BCUT2D eigenvalue weighted by Gasteiger charge is -2.35. The van der Waals surface area contributed by atoms with Gasteiger partial charge in [-0.3, -0.25) is 0 Å². The summed E-state index contributed by atoms with van der Waals surface area (Å²) in [5.41, 5.74) is 1.85. The molecule has 0 bridgehead atoms. The van der Waals surface area contributed by atoms with Crippen LogP contribution in [0.3, 0.4) is 0 Å². The molecule has 0 spiro atoms. The Labute approximate surface area is 103 Å². The molecule has 0 aromatic rings. The topological polar surface area (TPSA) is 61.8 Å². The average molecular weight is 244 g/mol. The molecule has 5 nitrogen and oxygen atoms in total. The first-order valence-electron chi connectivity index (χ1n) is 6.21. The number of nitrogens with one attached hydrogen (secondary N) is 1. The summed E-state index contributed by atoms with van der Waals surface area (Å²) in [6.07, 6.45) is 1.56. The molecule has 1 rings (SSSR count). The smallest absolute Gasteiger partial charge is 0.410 e. The Kier molecular flexibility index (Phi) is 4.77. The fourth-order valence-electron chi connectivity index (χ4n) is 2.01. The van der Waals surface area contributed by atoms with Crippen molar-refractivity contribution >= 4 is 6.09 Å². The summed E-state index contributed by atoms with van der Waals surface area (Å²) in [6, 6.07) is 0.0794. The number of piperidine rings is 1. The van der Waals surface area contributed by atoms with Gasteiger partial charge in [0.2, 0.25) is 0 Å². The SMILES string of the molecule is CC(NO)C1CCN(C(=O)OC(C)(C)C)CC1. The summed E-state index contributed by atoms with van der Waals surface area (Å²) in [6.45, 7) is 8.96. The van der Waals surface area contributed by atoms with Crippen LogP contribution in [0.25, 0.3) is 0 Å². The van der Waals surface area contributed by atoms with E-state index in [0.29, 0.717) is 19.0 Å². The van der Waals surface area contributed by atoms with Crippen molar-refractivity contribution in [3.8, 4) is 0 Å². The summed E-state index contributed by atoms with van der Waals surface area (Å²) < 4.78 is 5.32. The number of likely N-dealkylation sites (tertiary alicyclic amines) is 1. The Morgan fingerprint density at radius 3 is 2.35 bits per heavy atom. The average Bonchev–Trinajstić information content (AvgIpc) is 2.26. The molecule has 1 aliphatic rings. The third-order valence-electron chi connectivity index (χ3n) is 3.10. The number of carbonyl (C=O) groups is 1. The molecule has 1 saturated heterocycles. The lowest BCUT2D eigenvalue weighted by molar-refractivity contribution is 0.0134. The van der Waals surface area contributed by atoms with Crippen LogP contribution in [0, 0.1) is 5.92 Å². The lowest BCUT2D eigenvalue weighted by Crippen LogP contribution is -2.45. The highest BCUT2D eigenvalue weighted by atomic mass is 16.6. The van der Waals surface area contributed by atoms with Gasteiger partial charge < -0.3 is 14.8 Å². The molecular weight excluding hydrogens is 220 g/mol. The number of rotatable bonds is 2. The van der Waals surface area contributed by atoms with Gasteiger partial charge in [-0.2, -0.15) is 0 Å². The molecule has 0 radical (unpaired) electrons. The zero-order valence-corrected chi connectivity index (χ0v) is 11.2. The van der Waals surface area contributed by atoms with Crippen LogP contribution in [0.15, 0.2) is 0 Å². The highest BCUT2D eigenvalue weighted by Crippen LogP contribution is 2.22. The Balaban J connectivity index is 2.39. The molecule has 1 atom stereocenters. The van der Waals surface area contributed by atoms with Gasteiger partial charge in [0.1, 0.15) is 5.60 Å². The number of hydroxylamine groups is 1. The lowest BCUT2D eigenvalue weighted by atomic mass is 9.91. The van der Waals surface area contributed by atoms with Crippen molar-refractivity contribution in [2.75, 3.05) is 13.1 Å². The van der Waals surface area contributed by atoms with Gasteiger partial charge >= 0.3 is 6.09 Å². The standard InChI is InChI=1S/C12H24N2O3/c1-9(13-16)10-5-7-14(8-6-10)11(15)17-12(2,3)4/h9-10,13,16H,5-8H2,1-4H3. The molecule has 2 N–H and O–H groups in total. The predicted octanol–water partition coefficient (Wildman–Crippen LogP) is 2.00. The summed E-state index contributed by atoms with van der Waals surface area (Å²) in [5.74, 6) is 0.415. The van der Waals surface area contributed by atoms with E-state index in [2.05, 4.69) is 5.48 Å². The minimum Gasteiger partial charge on any atom is -0.444 e. The van der Waals surface area contributed by atoms with E-state index in [1.54, 1.807) is 4.90 Å². The van der Waals surface area contributed by atoms with Gasteiger partial charge in [-0.05, 0) is 46.5 Å². The van der Waals surface area contributed by atoms with Crippen molar-refractivity contribution in [1.82, 2.24) is 10.4 Å². The van der Waals surface area contributed by atoms with Crippen LogP contribution in [0.5, 0.6) is 0 Å². The highest BCUT2D eigenvalue weighted by molar-refractivity contribution is 5.68. The molecule has 1 fully saturated rings. The number of amides is 1. The second-order valence-electron chi connectivity index (χ2n) is 5.72. The fourth-order valence-corrected chi connectivity index (χ4v) is 2.01. The van der Waals surface area contributed by atoms with Crippen LogP contribution in [-0.4, -0.2) is 40.9 Å². The van der Waals surface area contributed by atoms with Crippen LogP contribution >= 0.6 is 0 Å². The maximum absolute atomic E-state index is 11.8. The third kappa shape index (κ3) is 4.52. The van der Waals surface area contributed by atoms with Crippen molar-refractivity contribution in [1.29, 1.82) is 0 Å². The van der Waals surface area contributed by atoms with Crippen LogP contribution in [0.2, 0.25) is 0 Å². The van der Waals surface area contributed by atoms with E-state index in [-0.39, 0.29) is 12.1 Å². The molecule has 1 amide bonds. The summed E-state index contributed by atoms with van der Waals surface area (Å²) >= 11 is 0. The normalized spacial score (nSPS) is 20.2. The van der Waals surface area contributed by atoms with Crippen LogP contribution in [-0.2, 0) is 4.74 Å². The summed E-state index contributed by atoms with van der Waals surface area (Å²) in [4.78, 5) is 13.5. The molecule has 1 heterocycles. The van der Waals surface area contributed by atoms with Gasteiger partial charge in [0.05, 0.1) is 0 Å². The van der Waals surface area contributed by atoms with Crippen LogP contribution < -0.4 is 5.48 Å². The van der Waals surface area contributed by atoms with Crippen molar-refractivity contribution in [3.63, 3.8) is 0 Å². The van der Waals surface area contributed by atoms with Gasteiger partial charge in [0.15, 0.2) is 0 Å². The molecule has 1 aliphatic heterocycles. The van der Waals surface area contributed by atoms with E-state index < -0.39 is 5.60 Å². The van der Waals surface area contributed by atoms with Crippen molar-refractivity contribution in [2.24, 2.45) is 5.92 Å². The Bertz CT molecular complexity index is 255. The Morgan fingerprint density at radius 1 is 1.41 bits per heavy atom. The molecular formula is C12H24N2O3. The Morgan fingerprint density at radius 2 is 1.94 bits per heavy atom. The first-order chi connectivity index (χ1) is 7.83. The second kappa shape index (κ2) is 5.69. The van der Waals surface area contributed by atoms with Crippen molar-refractivity contribution in [2.45, 2.75) is 52.2 Å². The second-order valence-corrected chi connectivity index (χ2v) is 5.72. The minimum atomic E-state index is -0.437. The van der Waals surface area contributed by atoms with Crippen LogP contribution in [0.4, 0.5) is 4.79 Å². The quantitative estimate of drug-likeness (QED) is 0.729. The minimum absolute atomic E-state index is 0.0794. The number of hydrogen-bond acceptors (Lipinski definition) is 4. The van der Waals surface area contributed by atoms with Crippen molar-refractivity contribution < 1.29 is 14.7 Å². The van der Waals surface area contributed by atoms with E-state index in [1.165, 1.54) is 0 Å². The maximum atomic E-state index is 11.8. The molecule has 1 unspecified atom stereocenters. The molecule has 100 valence electrons. The van der Waals surface area contributed by atoms with E-state index in [1.807, 2.05) is 27.7 Å². The number of nitrogens with zero attached hydrogens (tertiary/aromatic N) is 1. The Hall–Kier alpha value is -0.810. The van der Waals surface area contributed by atoms with Gasteiger partial charge in [0, 0.05) is 19.1 Å². The van der Waals surface area contributed by atoms with Crippen LogP contribution in [0.1, 0.15) is 40.5 Å². The molecule has 0 saturated carbocycles.